The molecule has 2 rings (SSSR count). The summed E-state index contributed by atoms with van der Waals surface area (Å²) in [6.45, 7) is 1.83. The highest BCUT2D eigenvalue weighted by molar-refractivity contribution is 6.31. The summed E-state index contributed by atoms with van der Waals surface area (Å²) in [5, 5.41) is 7.16. The van der Waals surface area contributed by atoms with E-state index in [4.69, 9.17) is 11.6 Å². The second-order valence-electron chi connectivity index (χ2n) is 4.32. The Balaban J connectivity index is 2.16. The third-order valence-corrected chi connectivity index (χ3v) is 3.55. The van der Waals surface area contributed by atoms with Crippen LogP contribution < -0.4 is 5.32 Å². The summed E-state index contributed by atoms with van der Waals surface area (Å²) in [6, 6.07) is 0. The molecule has 5 nitrogen and oxygen atoms in total. The van der Waals surface area contributed by atoms with Crippen LogP contribution in [0.2, 0.25) is 5.02 Å². The molecule has 1 aliphatic rings. The molecule has 1 aliphatic heterocycles. The Kier molecular flexibility index (Phi) is 3.19. The van der Waals surface area contributed by atoms with Gasteiger partial charge in [0, 0.05) is 25.8 Å². The van der Waals surface area contributed by atoms with Crippen LogP contribution >= 0.6 is 11.6 Å². The van der Waals surface area contributed by atoms with Crippen molar-refractivity contribution in [2.45, 2.75) is 26.2 Å². The first-order valence-corrected chi connectivity index (χ1v) is 5.88. The van der Waals surface area contributed by atoms with Crippen molar-refractivity contribution in [2.75, 3.05) is 0 Å². The number of hydrogen-bond donors (Lipinski definition) is 1. The van der Waals surface area contributed by atoms with Crippen molar-refractivity contribution in [1.29, 1.82) is 0 Å². The topological polar surface area (TPSA) is 64.0 Å². The number of nitrogens with zero attached hydrogens (tertiary/aromatic N) is 2. The van der Waals surface area contributed by atoms with E-state index >= 15 is 0 Å². The highest BCUT2D eigenvalue weighted by Gasteiger charge is 2.28. The number of piperidine rings is 1. The summed E-state index contributed by atoms with van der Waals surface area (Å²) in [7, 11) is 1.81. The van der Waals surface area contributed by atoms with Crippen molar-refractivity contribution in [3.63, 3.8) is 0 Å². The molecule has 1 aromatic heterocycles. The van der Waals surface area contributed by atoms with Gasteiger partial charge in [-0.15, -0.1) is 0 Å². The molecule has 6 heteroatoms. The number of nitrogens with one attached hydrogen (secondary N) is 1. The van der Waals surface area contributed by atoms with Crippen LogP contribution in [0.25, 0.3) is 0 Å². The fourth-order valence-corrected chi connectivity index (χ4v) is 2.31. The molecule has 2 amide bonds. The summed E-state index contributed by atoms with van der Waals surface area (Å²) in [6.07, 6.45) is 1.49. The lowest BCUT2D eigenvalue weighted by Gasteiger charge is -2.20. The third kappa shape index (κ3) is 2.34. The Bertz CT molecular complexity index is 481. The minimum atomic E-state index is -0.212. The maximum Gasteiger partial charge on any atom is 0.230 e. The zero-order chi connectivity index (χ0) is 12.6. The van der Waals surface area contributed by atoms with Crippen molar-refractivity contribution in [2.24, 2.45) is 13.0 Å². The number of aryl methyl sites for hydroxylation is 2. The van der Waals surface area contributed by atoms with Crippen LogP contribution in [-0.4, -0.2) is 21.6 Å². The quantitative estimate of drug-likeness (QED) is 0.801. The van der Waals surface area contributed by atoms with Gasteiger partial charge in [0.25, 0.3) is 0 Å². The van der Waals surface area contributed by atoms with Gasteiger partial charge in [-0.3, -0.25) is 19.6 Å². The fraction of sp³-hybridized carbons (Fsp3) is 0.545. The predicted molar refractivity (Wildman–Crippen MR) is 62.5 cm³/mol. The van der Waals surface area contributed by atoms with E-state index in [0.29, 0.717) is 24.3 Å². The van der Waals surface area contributed by atoms with Crippen LogP contribution in [0.5, 0.6) is 0 Å². The molecule has 0 saturated carbocycles. The Labute approximate surface area is 104 Å². The normalized spacial score (nSPS) is 20.5. The maximum absolute atomic E-state index is 11.6. The minimum absolute atomic E-state index is 0.194. The molecule has 1 saturated heterocycles. The van der Waals surface area contributed by atoms with E-state index in [9.17, 15) is 9.59 Å². The standard InChI is InChI=1S/C11H14ClN3O2/c1-6-10(12)8(15(2)14-6)5-7-3-4-9(16)13-11(7)17/h7H,3-5H2,1-2H3,(H,13,16,17). The summed E-state index contributed by atoms with van der Waals surface area (Å²) < 4.78 is 1.70. The van der Waals surface area contributed by atoms with Crippen LogP contribution in [0, 0.1) is 12.8 Å². The number of carbonyl (C=O) groups is 2. The van der Waals surface area contributed by atoms with E-state index in [1.165, 1.54) is 0 Å². The first-order valence-electron chi connectivity index (χ1n) is 5.50. The Morgan fingerprint density at radius 1 is 1.53 bits per heavy atom. The second-order valence-corrected chi connectivity index (χ2v) is 4.70. The lowest BCUT2D eigenvalue weighted by atomic mass is 9.93. The number of halogens is 1. The second kappa shape index (κ2) is 4.49. The minimum Gasteiger partial charge on any atom is -0.296 e. The smallest absolute Gasteiger partial charge is 0.230 e. The number of carbonyl (C=O) groups excluding carboxylic acids is 2. The van der Waals surface area contributed by atoms with E-state index in [-0.39, 0.29) is 17.7 Å². The summed E-state index contributed by atoms with van der Waals surface area (Å²) >= 11 is 6.13. The van der Waals surface area contributed by atoms with E-state index in [1.807, 2.05) is 6.92 Å². The zero-order valence-corrected chi connectivity index (χ0v) is 10.5. The molecule has 1 unspecified atom stereocenters. The SMILES string of the molecule is Cc1nn(C)c(CC2CCC(=O)NC2=O)c1Cl. The van der Waals surface area contributed by atoms with Crippen molar-refractivity contribution >= 4 is 23.4 Å². The Morgan fingerprint density at radius 2 is 2.24 bits per heavy atom. The monoisotopic (exact) mass is 255 g/mol. The molecule has 0 radical (unpaired) electrons. The van der Waals surface area contributed by atoms with Gasteiger partial charge < -0.3 is 0 Å². The van der Waals surface area contributed by atoms with Gasteiger partial charge in [0.05, 0.1) is 16.4 Å². The van der Waals surface area contributed by atoms with Crippen molar-refractivity contribution in [1.82, 2.24) is 15.1 Å². The maximum atomic E-state index is 11.6. The summed E-state index contributed by atoms with van der Waals surface area (Å²) in [5.41, 5.74) is 1.61. The van der Waals surface area contributed by atoms with Gasteiger partial charge in [-0.2, -0.15) is 5.10 Å². The molecule has 1 aromatic rings. The number of hydrogen-bond acceptors (Lipinski definition) is 3. The average molecular weight is 256 g/mol. The van der Waals surface area contributed by atoms with E-state index < -0.39 is 0 Å². The number of imide groups is 1. The molecule has 0 aromatic carbocycles. The third-order valence-electron chi connectivity index (χ3n) is 3.05. The Hall–Kier alpha value is -1.36. The molecule has 17 heavy (non-hydrogen) atoms. The first-order chi connectivity index (χ1) is 7.99. The molecular weight excluding hydrogens is 242 g/mol. The molecular formula is C11H14ClN3O2. The van der Waals surface area contributed by atoms with E-state index in [2.05, 4.69) is 10.4 Å². The van der Waals surface area contributed by atoms with Gasteiger partial charge in [-0.25, -0.2) is 0 Å². The van der Waals surface area contributed by atoms with Gasteiger partial charge in [0.1, 0.15) is 0 Å². The van der Waals surface area contributed by atoms with Crippen LogP contribution in [0.15, 0.2) is 0 Å². The lowest BCUT2D eigenvalue weighted by molar-refractivity contribution is -0.136. The average Bonchev–Trinajstić information content (AvgIpc) is 2.48. The largest absolute Gasteiger partial charge is 0.296 e. The molecule has 1 N–H and O–H groups in total. The highest BCUT2D eigenvalue weighted by atomic mass is 35.5. The number of amides is 2. The zero-order valence-electron chi connectivity index (χ0n) is 9.79. The summed E-state index contributed by atoms with van der Waals surface area (Å²) in [4.78, 5) is 22.7. The fourth-order valence-electron chi connectivity index (χ4n) is 2.07. The molecule has 1 fully saturated rings. The Morgan fingerprint density at radius 3 is 2.76 bits per heavy atom. The molecule has 0 spiro atoms. The molecule has 2 heterocycles. The van der Waals surface area contributed by atoms with Gasteiger partial charge in [-0.05, 0) is 13.3 Å². The number of aromatic nitrogens is 2. The summed E-state index contributed by atoms with van der Waals surface area (Å²) in [5.74, 6) is -0.602. The molecule has 92 valence electrons. The molecule has 1 atom stereocenters. The van der Waals surface area contributed by atoms with Gasteiger partial charge in [-0.1, -0.05) is 11.6 Å². The van der Waals surface area contributed by atoms with Crippen molar-refractivity contribution in [3.05, 3.63) is 16.4 Å². The first kappa shape index (κ1) is 12.1. The van der Waals surface area contributed by atoms with Crippen LogP contribution in [-0.2, 0) is 23.1 Å². The van der Waals surface area contributed by atoms with Gasteiger partial charge in [0.15, 0.2) is 0 Å². The van der Waals surface area contributed by atoms with Crippen molar-refractivity contribution in [3.8, 4) is 0 Å². The van der Waals surface area contributed by atoms with Gasteiger partial charge in [0.2, 0.25) is 11.8 Å². The van der Waals surface area contributed by atoms with Gasteiger partial charge >= 0.3 is 0 Å². The van der Waals surface area contributed by atoms with Crippen LogP contribution in [0.1, 0.15) is 24.2 Å². The predicted octanol–water partition coefficient (Wildman–Crippen LogP) is 0.977. The lowest BCUT2D eigenvalue weighted by Crippen LogP contribution is -2.41. The molecule has 0 aliphatic carbocycles. The van der Waals surface area contributed by atoms with E-state index in [0.717, 1.165) is 11.4 Å². The number of rotatable bonds is 2. The van der Waals surface area contributed by atoms with E-state index in [1.54, 1.807) is 11.7 Å². The molecule has 0 bridgehead atoms. The van der Waals surface area contributed by atoms with Crippen LogP contribution in [0.3, 0.4) is 0 Å². The van der Waals surface area contributed by atoms with Crippen LogP contribution in [0.4, 0.5) is 0 Å². The van der Waals surface area contributed by atoms with Crippen molar-refractivity contribution < 1.29 is 9.59 Å². The highest BCUT2D eigenvalue weighted by Crippen LogP contribution is 2.25.